The Kier molecular flexibility index (Phi) is 3.71. The molecule has 2 aliphatic rings. The number of cyclic esters (lactones) is 1. The molecule has 100 valence electrons. The Morgan fingerprint density at radius 2 is 2.11 bits per heavy atom. The fraction of sp³-hybridized carbons (Fsp3) is 0.400. The number of allylic oxidation sites excluding steroid dienone is 1. The van der Waals surface area contributed by atoms with Crippen molar-refractivity contribution in [2.45, 2.75) is 19.4 Å². The van der Waals surface area contributed by atoms with Crippen LogP contribution >= 0.6 is 15.9 Å². The van der Waals surface area contributed by atoms with Gasteiger partial charge in [-0.1, -0.05) is 18.2 Å². The van der Waals surface area contributed by atoms with E-state index in [1.54, 1.807) is 0 Å². The average Bonchev–Trinajstić information content (AvgIpc) is 2.82. The van der Waals surface area contributed by atoms with Gasteiger partial charge in [0, 0.05) is 10.0 Å². The molecule has 1 aromatic carbocycles. The lowest BCUT2D eigenvalue weighted by molar-refractivity contribution is 0.0535. The molecule has 2 heterocycles. The molecule has 4 heteroatoms. The SMILES string of the molecule is O=C1OCc2c1ccc(C=CC1CCNCC1)c2Br. The zero-order valence-corrected chi connectivity index (χ0v) is 12.2. The summed E-state index contributed by atoms with van der Waals surface area (Å²) in [4.78, 5) is 11.5. The van der Waals surface area contributed by atoms with Crippen molar-refractivity contribution in [1.29, 1.82) is 0 Å². The summed E-state index contributed by atoms with van der Waals surface area (Å²) in [7, 11) is 0. The number of ether oxygens (including phenoxy) is 1. The van der Waals surface area contributed by atoms with E-state index in [0.717, 1.165) is 28.7 Å². The minimum Gasteiger partial charge on any atom is -0.457 e. The number of nitrogens with one attached hydrogen (secondary N) is 1. The van der Waals surface area contributed by atoms with Gasteiger partial charge in [-0.25, -0.2) is 4.79 Å². The summed E-state index contributed by atoms with van der Waals surface area (Å²) >= 11 is 3.59. The predicted molar refractivity (Wildman–Crippen MR) is 77.9 cm³/mol. The number of hydrogen-bond donors (Lipinski definition) is 1. The van der Waals surface area contributed by atoms with Gasteiger partial charge in [0.15, 0.2) is 0 Å². The summed E-state index contributed by atoms with van der Waals surface area (Å²) in [6.45, 7) is 2.58. The molecule has 3 nitrogen and oxygen atoms in total. The maximum atomic E-state index is 11.5. The van der Waals surface area contributed by atoms with Crippen LogP contribution in [0.1, 0.15) is 34.3 Å². The number of rotatable bonds is 2. The summed E-state index contributed by atoms with van der Waals surface area (Å²) in [6.07, 6.45) is 6.83. The van der Waals surface area contributed by atoms with Crippen molar-refractivity contribution in [3.8, 4) is 0 Å². The third-order valence-corrected chi connectivity index (χ3v) is 4.71. The largest absolute Gasteiger partial charge is 0.457 e. The Bertz CT molecular complexity index is 533. The van der Waals surface area contributed by atoms with Gasteiger partial charge in [-0.2, -0.15) is 0 Å². The number of carbonyl (C=O) groups excluding carboxylic acids is 1. The second kappa shape index (κ2) is 5.47. The zero-order valence-electron chi connectivity index (χ0n) is 10.6. The Hall–Kier alpha value is -1.13. The lowest BCUT2D eigenvalue weighted by Crippen LogP contribution is -2.26. The van der Waals surface area contributed by atoms with Crippen LogP contribution in [0.5, 0.6) is 0 Å². The first kappa shape index (κ1) is 12.9. The minimum absolute atomic E-state index is 0.218. The molecule has 0 amide bonds. The number of hydrogen-bond acceptors (Lipinski definition) is 3. The quantitative estimate of drug-likeness (QED) is 0.850. The zero-order chi connectivity index (χ0) is 13.2. The van der Waals surface area contributed by atoms with E-state index >= 15 is 0 Å². The van der Waals surface area contributed by atoms with Crippen molar-refractivity contribution in [2.75, 3.05) is 13.1 Å². The highest BCUT2D eigenvalue weighted by molar-refractivity contribution is 9.10. The average molecular weight is 322 g/mol. The van der Waals surface area contributed by atoms with E-state index in [0.29, 0.717) is 18.1 Å². The highest BCUT2D eigenvalue weighted by atomic mass is 79.9. The first-order valence-electron chi connectivity index (χ1n) is 6.63. The fourth-order valence-electron chi connectivity index (χ4n) is 2.59. The van der Waals surface area contributed by atoms with Gasteiger partial charge < -0.3 is 10.1 Å². The van der Waals surface area contributed by atoms with Crippen LogP contribution in [0.25, 0.3) is 6.08 Å². The van der Waals surface area contributed by atoms with Crippen LogP contribution in [-0.2, 0) is 11.3 Å². The molecule has 19 heavy (non-hydrogen) atoms. The van der Waals surface area contributed by atoms with E-state index in [1.165, 1.54) is 12.8 Å². The minimum atomic E-state index is -0.218. The molecule has 0 bridgehead atoms. The molecule has 2 aliphatic heterocycles. The molecule has 0 radical (unpaired) electrons. The molecule has 0 atom stereocenters. The summed E-state index contributed by atoms with van der Waals surface area (Å²) in [5.41, 5.74) is 2.78. The summed E-state index contributed by atoms with van der Waals surface area (Å²) < 4.78 is 6.04. The monoisotopic (exact) mass is 321 g/mol. The van der Waals surface area contributed by atoms with Crippen LogP contribution in [0, 0.1) is 5.92 Å². The molecule has 0 spiro atoms. The van der Waals surface area contributed by atoms with Crippen molar-refractivity contribution < 1.29 is 9.53 Å². The number of carbonyl (C=O) groups is 1. The third kappa shape index (κ3) is 2.60. The van der Waals surface area contributed by atoms with E-state index < -0.39 is 0 Å². The van der Waals surface area contributed by atoms with Crippen molar-refractivity contribution in [3.63, 3.8) is 0 Å². The molecule has 0 saturated carbocycles. The summed E-state index contributed by atoms with van der Waals surface area (Å²) in [5.74, 6) is 0.434. The first-order chi connectivity index (χ1) is 9.25. The van der Waals surface area contributed by atoms with E-state index in [1.807, 2.05) is 12.1 Å². The van der Waals surface area contributed by atoms with Crippen molar-refractivity contribution >= 4 is 28.0 Å². The maximum Gasteiger partial charge on any atom is 0.338 e. The Labute approximate surface area is 121 Å². The summed E-state index contributed by atoms with van der Waals surface area (Å²) in [5, 5.41) is 3.37. The van der Waals surface area contributed by atoms with Crippen molar-refractivity contribution in [1.82, 2.24) is 5.32 Å². The van der Waals surface area contributed by atoms with E-state index in [4.69, 9.17) is 4.74 Å². The maximum absolute atomic E-state index is 11.5. The van der Waals surface area contributed by atoms with Crippen LogP contribution in [0.15, 0.2) is 22.7 Å². The number of halogens is 1. The van der Waals surface area contributed by atoms with Crippen LogP contribution < -0.4 is 5.32 Å². The standard InChI is InChI=1S/C15H16BrNO2/c16-14-11(2-1-10-5-7-17-8-6-10)3-4-12-13(14)9-19-15(12)18/h1-4,10,17H,5-9H2. The highest BCUT2D eigenvalue weighted by Crippen LogP contribution is 2.31. The molecular formula is C15H16BrNO2. The molecule has 0 unspecified atom stereocenters. The van der Waals surface area contributed by atoms with Crippen LogP contribution in [0.4, 0.5) is 0 Å². The van der Waals surface area contributed by atoms with Crippen LogP contribution in [-0.4, -0.2) is 19.1 Å². The number of benzene rings is 1. The first-order valence-corrected chi connectivity index (χ1v) is 7.42. The fourth-order valence-corrected chi connectivity index (χ4v) is 3.18. The van der Waals surface area contributed by atoms with E-state index in [-0.39, 0.29) is 5.97 Å². The highest BCUT2D eigenvalue weighted by Gasteiger charge is 2.24. The smallest absolute Gasteiger partial charge is 0.338 e. The molecule has 1 fully saturated rings. The topological polar surface area (TPSA) is 38.3 Å². The molecule has 1 aromatic rings. The van der Waals surface area contributed by atoms with Crippen LogP contribution in [0.3, 0.4) is 0 Å². The van der Waals surface area contributed by atoms with Crippen molar-refractivity contribution in [2.24, 2.45) is 5.92 Å². The normalized spacial score (nSPS) is 19.7. The molecule has 0 aromatic heterocycles. The molecule has 3 rings (SSSR count). The Morgan fingerprint density at radius 3 is 2.89 bits per heavy atom. The van der Waals surface area contributed by atoms with E-state index in [9.17, 15) is 4.79 Å². The molecular weight excluding hydrogens is 306 g/mol. The number of fused-ring (bicyclic) bond motifs is 1. The molecule has 1 saturated heterocycles. The van der Waals surface area contributed by atoms with Gasteiger partial charge in [0.2, 0.25) is 0 Å². The van der Waals surface area contributed by atoms with Gasteiger partial charge in [0.05, 0.1) is 5.56 Å². The lowest BCUT2D eigenvalue weighted by atomic mass is 9.96. The second-order valence-electron chi connectivity index (χ2n) is 5.02. The van der Waals surface area contributed by atoms with Crippen molar-refractivity contribution in [3.05, 3.63) is 39.4 Å². The second-order valence-corrected chi connectivity index (χ2v) is 5.81. The third-order valence-electron chi connectivity index (χ3n) is 3.77. The molecule has 1 N–H and O–H groups in total. The number of piperidine rings is 1. The van der Waals surface area contributed by atoms with Gasteiger partial charge in [0.1, 0.15) is 6.61 Å². The van der Waals surface area contributed by atoms with Gasteiger partial charge in [-0.15, -0.1) is 0 Å². The Balaban J connectivity index is 1.82. The van der Waals surface area contributed by atoms with E-state index in [2.05, 4.69) is 33.4 Å². The Morgan fingerprint density at radius 1 is 1.32 bits per heavy atom. The van der Waals surface area contributed by atoms with Gasteiger partial charge >= 0.3 is 5.97 Å². The summed E-state index contributed by atoms with van der Waals surface area (Å²) in [6, 6.07) is 3.84. The number of esters is 1. The predicted octanol–water partition coefficient (Wildman–Crippen LogP) is 3.13. The van der Waals surface area contributed by atoms with Gasteiger partial charge in [-0.05, 0) is 59.4 Å². The van der Waals surface area contributed by atoms with Gasteiger partial charge in [-0.3, -0.25) is 0 Å². The lowest BCUT2D eigenvalue weighted by Gasteiger charge is -2.19. The van der Waals surface area contributed by atoms with Crippen LogP contribution in [0.2, 0.25) is 0 Å². The van der Waals surface area contributed by atoms with Gasteiger partial charge in [0.25, 0.3) is 0 Å². The molecule has 0 aliphatic carbocycles.